The second-order valence-electron chi connectivity index (χ2n) is 7.45. The van der Waals surface area contributed by atoms with Crippen LogP contribution in [0.2, 0.25) is 0 Å². The SMILES string of the molecule is CCC(CNCC(C)C)Oc1cc(C)ccc1C(C)(C)C. The quantitative estimate of drug-likeness (QED) is 0.786. The highest BCUT2D eigenvalue weighted by molar-refractivity contribution is 5.41. The first kappa shape index (κ1) is 18.0. The van der Waals surface area contributed by atoms with Crippen molar-refractivity contribution in [2.45, 2.75) is 66.4 Å². The van der Waals surface area contributed by atoms with Gasteiger partial charge in [-0.05, 0) is 48.4 Å². The highest BCUT2D eigenvalue weighted by Gasteiger charge is 2.20. The molecule has 1 rings (SSSR count). The lowest BCUT2D eigenvalue weighted by Crippen LogP contribution is -2.33. The molecule has 21 heavy (non-hydrogen) atoms. The Morgan fingerprint density at radius 2 is 1.81 bits per heavy atom. The average molecular weight is 291 g/mol. The zero-order valence-corrected chi connectivity index (χ0v) is 14.9. The Morgan fingerprint density at radius 1 is 1.14 bits per heavy atom. The van der Waals surface area contributed by atoms with E-state index in [0.29, 0.717) is 5.92 Å². The monoisotopic (exact) mass is 291 g/mol. The van der Waals surface area contributed by atoms with Gasteiger partial charge < -0.3 is 10.1 Å². The number of hydrogen-bond acceptors (Lipinski definition) is 2. The molecule has 1 aromatic rings. The van der Waals surface area contributed by atoms with Crippen molar-refractivity contribution in [3.05, 3.63) is 29.3 Å². The van der Waals surface area contributed by atoms with Gasteiger partial charge in [0, 0.05) is 6.54 Å². The molecule has 0 saturated heterocycles. The molecule has 0 bridgehead atoms. The van der Waals surface area contributed by atoms with E-state index in [1.54, 1.807) is 0 Å². The minimum Gasteiger partial charge on any atom is -0.489 e. The fourth-order valence-electron chi connectivity index (χ4n) is 2.33. The van der Waals surface area contributed by atoms with Gasteiger partial charge in [0.1, 0.15) is 11.9 Å². The van der Waals surface area contributed by atoms with Crippen molar-refractivity contribution in [1.82, 2.24) is 5.32 Å². The molecular formula is C19H33NO. The molecule has 0 saturated carbocycles. The Kier molecular flexibility index (Phi) is 6.73. The summed E-state index contributed by atoms with van der Waals surface area (Å²) in [5.41, 5.74) is 2.64. The number of rotatable bonds is 7. The van der Waals surface area contributed by atoms with E-state index in [1.807, 2.05) is 0 Å². The zero-order chi connectivity index (χ0) is 16.0. The molecule has 1 aromatic carbocycles. The Hall–Kier alpha value is -1.02. The number of ether oxygens (including phenoxy) is 1. The molecule has 0 aliphatic carbocycles. The van der Waals surface area contributed by atoms with Crippen LogP contribution in [0.4, 0.5) is 0 Å². The maximum Gasteiger partial charge on any atom is 0.123 e. The van der Waals surface area contributed by atoms with Gasteiger partial charge in [-0.3, -0.25) is 0 Å². The maximum atomic E-state index is 6.32. The van der Waals surface area contributed by atoms with Gasteiger partial charge in [0.05, 0.1) is 0 Å². The molecule has 2 nitrogen and oxygen atoms in total. The normalized spacial score (nSPS) is 13.5. The van der Waals surface area contributed by atoms with E-state index >= 15 is 0 Å². The molecule has 0 aliphatic rings. The predicted octanol–water partition coefficient (Wildman–Crippen LogP) is 4.70. The Bertz CT molecular complexity index is 432. The van der Waals surface area contributed by atoms with Crippen LogP contribution in [0.5, 0.6) is 5.75 Å². The summed E-state index contributed by atoms with van der Waals surface area (Å²) >= 11 is 0. The van der Waals surface area contributed by atoms with Crippen LogP contribution in [0.15, 0.2) is 18.2 Å². The van der Waals surface area contributed by atoms with Gasteiger partial charge in [-0.15, -0.1) is 0 Å². The lowest BCUT2D eigenvalue weighted by molar-refractivity contribution is 0.188. The summed E-state index contributed by atoms with van der Waals surface area (Å²) in [5.74, 6) is 1.72. The van der Waals surface area contributed by atoms with Gasteiger partial charge in [-0.1, -0.05) is 53.7 Å². The van der Waals surface area contributed by atoms with Crippen LogP contribution in [-0.2, 0) is 5.41 Å². The maximum absolute atomic E-state index is 6.32. The number of benzene rings is 1. The van der Waals surface area contributed by atoms with Crippen molar-refractivity contribution < 1.29 is 4.74 Å². The highest BCUT2D eigenvalue weighted by Crippen LogP contribution is 2.32. The van der Waals surface area contributed by atoms with Crippen LogP contribution < -0.4 is 10.1 Å². The minimum absolute atomic E-state index is 0.104. The van der Waals surface area contributed by atoms with Gasteiger partial charge >= 0.3 is 0 Å². The van der Waals surface area contributed by atoms with Crippen LogP contribution in [0.25, 0.3) is 0 Å². The van der Waals surface area contributed by atoms with Crippen LogP contribution in [-0.4, -0.2) is 19.2 Å². The Balaban J connectivity index is 2.81. The van der Waals surface area contributed by atoms with Gasteiger partial charge in [-0.25, -0.2) is 0 Å². The Morgan fingerprint density at radius 3 is 2.33 bits per heavy atom. The molecule has 1 atom stereocenters. The topological polar surface area (TPSA) is 21.3 Å². The number of nitrogens with one attached hydrogen (secondary N) is 1. The first-order valence-corrected chi connectivity index (χ1v) is 8.22. The zero-order valence-electron chi connectivity index (χ0n) is 14.9. The lowest BCUT2D eigenvalue weighted by Gasteiger charge is -2.26. The lowest BCUT2D eigenvalue weighted by atomic mass is 9.86. The van der Waals surface area contributed by atoms with Crippen molar-refractivity contribution in [2.24, 2.45) is 5.92 Å². The molecule has 0 amide bonds. The van der Waals surface area contributed by atoms with Crippen molar-refractivity contribution >= 4 is 0 Å². The summed E-state index contributed by atoms with van der Waals surface area (Å²) < 4.78 is 6.32. The third-order valence-electron chi connectivity index (χ3n) is 3.62. The first-order chi connectivity index (χ1) is 9.74. The predicted molar refractivity (Wildman–Crippen MR) is 92.3 cm³/mol. The molecular weight excluding hydrogens is 258 g/mol. The van der Waals surface area contributed by atoms with E-state index in [2.05, 4.69) is 72.0 Å². The van der Waals surface area contributed by atoms with E-state index in [0.717, 1.165) is 25.3 Å². The molecule has 0 aliphatic heterocycles. The summed E-state index contributed by atoms with van der Waals surface area (Å²) in [6, 6.07) is 6.55. The second-order valence-corrected chi connectivity index (χ2v) is 7.45. The standard InChI is InChI=1S/C19H33NO/c1-8-16(13-20-12-14(2)3)21-18-11-15(4)9-10-17(18)19(5,6)7/h9-11,14,16,20H,8,12-13H2,1-7H3. The summed E-state index contributed by atoms with van der Waals surface area (Å²) in [5, 5.41) is 3.50. The summed E-state index contributed by atoms with van der Waals surface area (Å²) in [6.07, 6.45) is 1.24. The van der Waals surface area contributed by atoms with Crippen LogP contribution in [0.1, 0.15) is 59.1 Å². The fourth-order valence-corrected chi connectivity index (χ4v) is 2.33. The van der Waals surface area contributed by atoms with Gasteiger partial charge in [0.2, 0.25) is 0 Å². The molecule has 2 heteroatoms. The fraction of sp³-hybridized carbons (Fsp3) is 0.684. The number of hydrogen-bond donors (Lipinski definition) is 1. The molecule has 0 heterocycles. The molecule has 0 spiro atoms. The molecule has 1 N–H and O–H groups in total. The largest absolute Gasteiger partial charge is 0.489 e. The molecule has 0 aromatic heterocycles. The third kappa shape index (κ3) is 6.09. The summed E-state index contributed by atoms with van der Waals surface area (Å²) in [7, 11) is 0. The smallest absolute Gasteiger partial charge is 0.123 e. The average Bonchev–Trinajstić information content (AvgIpc) is 2.35. The van der Waals surface area contributed by atoms with E-state index in [-0.39, 0.29) is 11.5 Å². The van der Waals surface area contributed by atoms with Gasteiger partial charge in [0.25, 0.3) is 0 Å². The molecule has 0 fully saturated rings. The third-order valence-corrected chi connectivity index (χ3v) is 3.62. The second kappa shape index (κ2) is 7.84. The van der Waals surface area contributed by atoms with E-state index < -0.39 is 0 Å². The van der Waals surface area contributed by atoms with Crippen LogP contribution in [0, 0.1) is 12.8 Å². The minimum atomic E-state index is 0.104. The van der Waals surface area contributed by atoms with Crippen molar-refractivity contribution in [2.75, 3.05) is 13.1 Å². The van der Waals surface area contributed by atoms with Crippen LogP contribution >= 0.6 is 0 Å². The summed E-state index contributed by atoms with van der Waals surface area (Å²) in [4.78, 5) is 0. The van der Waals surface area contributed by atoms with Gasteiger partial charge in [0.15, 0.2) is 0 Å². The van der Waals surface area contributed by atoms with E-state index in [9.17, 15) is 0 Å². The van der Waals surface area contributed by atoms with Crippen molar-refractivity contribution in [1.29, 1.82) is 0 Å². The van der Waals surface area contributed by atoms with Gasteiger partial charge in [-0.2, -0.15) is 0 Å². The van der Waals surface area contributed by atoms with Crippen molar-refractivity contribution in [3.63, 3.8) is 0 Å². The molecule has 1 unspecified atom stereocenters. The highest BCUT2D eigenvalue weighted by atomic mass is 16.5. The van der Waals surface area contributed by atoms with E-state index in [4.69, 9.17) is 4.74 Å². The Labute approximate surface area is 131 Å². The van der Waals surface area contributed by atoms with E-state index in [1.165, 1.54) is 11.1 Å². The molecule has 0 radical (unpaired) electrons. The molecule has 120 valence electrons. The first-order valence-electron chi connectivity index (χ1n) is 8.22. The number of aryl methyl sites for hydroxylation is 1. The summed E-state index contributed by atoms with van der Waals surface area (Å²) in [6.45, 7) is 17.4. The van der Waals surface area contributed by atoms with Crippen molar-refractivity contribution in [3.8, 4) is 5.75 Å². The van der Waals surface area contributed by atoms with Crippen LogP contribution in [0.3, 0.4) is 0 Å².